The Morgan fingerprint density at radius 3 is 2.79 bits per heavy atom. The van der Waals surface area contributed by atoms with E-state index < -0.39 is 0 Å². The number of methoxy groups -OCH3 is 1. The second kappa shape index (κ2) is 6.91. The highest BCUT2D eigenvalue weighted by Gasteiger charge is 2.16. The number of aryl methyl sites for hydroxylation is 2. The van der Waals surface area contributed by atoms with Crippen molar-refractivity contribution < 1.29 is 4.74 Å². The first-order valence-corrected chi connectivity index (χ1v) is 8.37. The number of fused-ring (bicyclic) bond motifs is 1. The number of unbranched alkanes of at least 4 members (excludes halogenated alkanes) is 1. The summed E-state index contributed by atoms with van der Waals surface area (Å²) in [7, 11) is 1.70. The van der Waals surface area contributed by atoms with Gasteiger partial charge in [-0.25, -0.2) is 9.97 Å². The summed E-state index contributed by atoms with van der Waals surface area (Å²) in [4.78, 5) is 9.40. The number of aromatic nitrogens is 3. The SMILES string of the molecule is CCCCc1nc2c(C)c(N)cnc2n1Cc1ccccc1OC. The molecule has 2 N–H and O–H groups in total. The van der Waals surface area contributed by atoms with E-state index in [2.05, 4.69) is 22.5 Å². The Labute approximate surface area is 142 Å². The summed E-state index contributed by atoms with van der Waals surface area (Å²) < 4.78 is 7.69. The molecule has 3 aromatic rings. The van der Waals surface area contributed by atoms with E-state index in [4.69, 9.17) is 15.5 Å². The number of imidazole rings is 1. The van der Waals surface area contributed by atoms with Gasteiger partial charge in [-0.1, -0.05) is 31.5 Å². The molecule has 0 aliphatic carbocycles. The zero-order chi connectivity index (χ0) is 17.1. The molecule has 126 valence electrons. The van der Waals surface area contributed by atoms with Crippen molar-refractivity contribution in [2.24, 2.45) is 0 Å². The summed E-state index contributed by atoms with van der Waals surface area (Å²) in [5.41, 5.74) is 10.6. The van der Waals surface area contributed by atoms with Crippen LogP contribution in [0, 0.1) is 6.92 Å². The quantitative estimate of drug-likeness (QED) is 0.750. The van der Waals surface area contributed by atoms with Gasteiger partial charge in [-0.15, -0.1) is 0 Å². The van der Waals surface area contributed by atoms with E-state index in [1.165, 1.54) is 0 Å². The Bertz CT molecular complexity index is 854. The molecule has 0 saturated heterocycles. The minimum absolute atomic E-state index is 0.687. The number of benzene rings is 1. The molecule has 1 aromatic carbocycles. The average Bonchev–Trinajstić information content (AvgIpc) is 2.95. The minimum atomic E-state index is 0.687. The fourth-order valence-corrected chi connectivity index (χ4v) is 2.93. The van der Waals surface area contributed by atoms with Crippen molar-refractivity contribution in [2.75, 3.05) is 12.8 Å². The normalized spacial score (nSPS) is 11.1. The maximum atomic E-state index is 6.01. The molecule has 0 amide bonds. The van der Waals surface area contributed by atoms with E-state index in [1.54, 1.807) is 13.3 Å². The third-order valence-electron chi connectivity index (χ3n) is 4.41. The van der Waals surface area contributed by atoms with Gasteiger partial charge in [-0.3, -0.25) is 0 Å². The lowest BCUT2D eigenvalue weighted by Crippen LogP contribution is -2.07. The number of anilines is 1. The first-order chi connectivity index (χ1) is 11.7. The van der Waals surface area contributed by atoms with Gasteiger partial charge >= 0.3 is 0 Å². The molecule has 0 spiro atoms. The van der Waals surface area contributed by atoms with Crippen molar-refractivity contribution in [3.63, 3.8) is 0 Å². The highest BCUT2D eigenvalue weighted by atomic mass is 16.5. The monoisotopic (exact) mass is 324 g/mol. The predicted octanol–water partition coefficient (Wildman–Crippen LogP) is 3.72. The van der Waals surface area contributed by atoms with Gasteiger partial charge in [0.1, 0.15) is 17.1 Å². The van der Waals surface area contributed by atoms with Crippen molar-refractivity contribution in [1.82, 2.24) is 14.5 Å². The molecule has 5 heteroatoms. The number of ether oxygens (including phenoxy) is 1. The summed E-state index contributed by atoms with van der Waals surface area (Å²) in [5.74, 6) is 1.94. The van der Waals surface area contributed by atoms with Crippen LogP contribution < -0.4 is 10.5 Å². The zero-order valence-corrected chi connectivity index (χ0v) is 14.5. The summed E-state index contributed by atoms with van der Waals surface area (Å²) in [5, 5.41) is 0. The lowest BCUT2D eigenvalue weighted by atomic mass is 10.2. The molecule has 0 atom stereocenters. The molecule has 0 fully saturated rings. The van der Waals surface area contributed by atoms with Crippen molar-refractivity contribution in [1.29, 1.82) is 0 Å². The van der Waals surface area contributed by atoms with Crippen molar-refractivity contribution in [3.8, 4) is 5.75 Å². The van der Waals surface area contributed by atoms with Gasteiger partial charge < -0.3 is 15.0 Å². The Kier molecular flexibility index (Phi) is 4.69. The largest absolute Gasteiger partial charge is 0.496 e. The van der Waals surface area contributed by atoms with E-state index in [0.717, 1.165) is 53.1 Å². The molecule has 2 aromatic heterocycles. The van der Waals surface area contributed by atoms with E-state index in [-0.39, 0.29) is 0 Å². The summed E-state index contributed by atoms with van der Waals surface area (Å²) in [6.07, 6.45) is 4.89. The number of nitrogens with two attached hydrogens (primary N) is 1. The summed E-state index contributed by atoms with van der Waals surface area (Å²) in [6, 6.07) is 8.07. The minimum Gasteiger partial charge on any atom is -0.496 e. The van der Waals surface area contributed by atoms with Crippen LogP contribution in [0.5, 0.6) is 5.75 Å². The first-order valence-electron chi connectivity index (χ1n) is 8.37. The number of nitrogen functional groups attached to an aromatic ring is 1. The highest BCUT2D eigenvalue weighted by Crippen LogP contribution is 2.26. The molecule has 0 unspecified atom stereocenters. The maximum Gasteiger partial charge on any atom is 0.160 e. The number of hydrogen-bond acceptors (Lipinski definition) is 4. The van der Waals surface area contributed by atoms with Crippen LogP contribution in [0.25, 0.3) is 11.2 Å². The third-order valence-corrected chi connectivity index (χ3v) is 4.41. The van der Waals surface area contributed by atoms with Crippen molar-refractivity contribution in [3.05, 3.63) is 47.4 Å². The highest BCUT2D eigenvalue weighted by molar-refractivity contribution is 5.80. The number of nitrogens with zero attached hydrogens (tertiary/aromatic N) is 3. The molecular weight excluding hydrogens is 300 g/mol. The van der Waals surface area contributed by atoms with Gasteiger partial charge in [-0.05, 0) is 19.4 Å². The van der Waals surface area contributed by atoms with Gasteiger partial charge in [-0.2, -0.15) is 0 Å². The Morgan fingerprint density at radius 1 is 1.25 bits per heavy atom. The van der Waals surface area contributed by atoms with Crippen LogP contribution in [0.1, 0.15) is 36.7 Å². The smallest absolute Gasteiger partial charge is 0.160 e. The molecule has 0 bridgehead atoms. The van der Waals surface area contributed by atoms with Gasteiger partial charge in [0.25, 0.3) is 0 Å². The first kappa shape index (κ1) is 16.3. The fraction of sp³-hybridized carbons (Fsp3) is 0.368. The van der Waals surface area contributed by atoms with Crippen LogP contribution in [-0.4, -0.2) is 21.6 Å². The third kappa shape index (κ3) is 2.94. The molecular formula is C19H24N4O. The van der Waals surface area contributed by atoms with E-state index in [9.17, 15) is 0 Å². The van der Waals surface area contributed by atoms with Gasteiger partial charge in [0.15, 0.2) is 5.65 Å². The van der Waals surface area contributed by atoms with Gasteiger partial charge in [0.05, 0.1) is 25.5 Å². The van der Waals surface area contributed by atoms with E-state index >= 15 is 0 Å². The second-order valence-corrected chi connectivity index (χ2v) is 6.04. The van der Waals surface area contributed by atoms with Crippen LogP contribution in [0.3, 0.4) is 0 Å². The van der Waals surface area contributed by atoms with Crippen LogP contribution >= 0.6 is 0 Å². The van der Waals surface area contributed by atoms with Crippen LogP contribution in [0.2, 0.25) is 0 Å². The Balaban J connectivity index is 2.12. The second-order valence-electron chi connectivity index (χ2n) is 6.04. The topological polar surface area (TPSA) is 66.0 Å². The molecule has 5 nitrogen and oxygen atoms in total. The zero-order valence-electron chi connectivity index (χ0n) is 14.5. The van der Waals surface area contributed by atoms with Crippen molar-refractivity contribution >= 4 is 16.9 Å². The summed E-state index contributed by atoms with van der Waals surface area (Å²) in [6.45, 7) is 4.88. The fourth-order valence-electron chi connectivity index (χ4n) is 2.93. The van der Waals surface area contributed by atoms with Gasteiger partial charge in [0, 0.05) is 17.5 Å². The Morgan fingerprint density at radius 2 is 2.04 bits per heavy atom. The lowest BCUT2D eigenvalue weighted by Gasteiger charge is -2.12. The Hall–Kier alpha value is -2.56. The molecule has 0 aliphatic rings. The molecule has 3 rings (SSSR count). The van der Waals surface area contributed by atoms with E-state index in [0.29, 0.717) is 12.2 Å². The lowest BCUT2D eigenvalue weighted by molar-refractivity contribution is 0.408. The number of rotatable bonds is 6. The standard InChI is InChI=1S/C19H24N4O/c1-4-5-10-17-22-18-13(2)15(20)11-21-19(18)23(17)12-14-8-6-7-9-16(14)24-3/h6-9,11H,4-5,10,12,20H2,1-3H3. The number of para-hydroxylation sites is 1. The summed E-state index contributed by atoms with van der Waals surface area (Å²) >= 11 is 0. The molecule has 0 saturated carbocycles. The van der Waals surface area contributed by atoms with Crippen LogP contribution in [0.4, 0.5) is 5.69 Å². The van der Waals surface area contributed by atoms with Crippen LogP contribution in [0.15, 0.2) is 30.5 Å². The van der Waals surface area contributed by atoms with Crippen LogP contribution in [-0.2, 0) is 13.0 Å². The molecule has 0 radical (unpaired) electrons. The molecule has 2 heterocycles. The van der Waals surface area contributed by atoms with Crippen molar-refractivity contribution in [2.45, 2.75) is 39.7 Å². The predicted molar refractivity (Wildman–Crippen MR) is 97.4 cm³/mol. The number of pyridine rings is 1. The maximum absolute atomic E-state index is 6.01. The molecule has 24 heavy (non-hydrogen) atoms. The number of hydrogen-bond donors (Lipinski definition) is 1. The molecule has 0 aliphatic heterocycles. The van der Waals surface area contributed by atoms with Gasteiger partial charge in [0.2, 0.25) is 0 Å². The average molecular weight is 324 g/mol. The van der Waals surface area contributed by atoms with E-state index in [1.807, 2.05) is 25.1 Å².